The standard InChI is InChI=1S/C29H47N3O4S/c1-12-36-27(35)20(4)18-22(19(2)3)32(10)26(34)24(29(7,8)37-11)31-25(33)23(30-9)28(5,6)21-16-14-13-15-17-21/h13-19,22-24,30H,12H2,1-11H3,(H,31,33)/t22-,23-,24-/m1/s1. The Morgan fingerprint density at radius 1 is 1.08 bits per heavy atom. The third kappa shape index (κ3) is 8.34. The van der Waals surface area contributed by atoms with Crippen molar-refractivity contribution in [1.29, 1.82) is 0 Å². The lowest BCUT2D eigenvalue weighted by atomic mass is 9.77. The molecule has 3 atom stereocenters. The van der Waals surface area contributed by atoms with E-state index in [-0.39, 0.29) is 30.4 Å². The van der Waals surface area contributed by atoms with Crippen LogP contribution in [0.5, 0.6) is 0 Å². The lowest BCUT2D eigenvalue weighted by Gasteiger charge is -2.40. The van der Waals surface area contributed by atoms with Gasteiger partial charge < -0.3 is 20.3 Å². The van der Waals surface area contributed by atoms with Gasteiger partial charge in [0.05, 0.1) is 18.7 Å². The largest absolute Gasteiger partial charge is 0.463 e. The predicted octanol–water partition coefficient (Wildman–Crippen LogP) is 4.17. The first-order valence-electron chi connectivity index (χ1n) is 12.9. The lowest BCUT2D eigenvalue weighted by Crippen LogP contribution is -2.63. The summed E-state index contributed by atoms with van der Waals surface area (Å²) in [5.41, 5.74) is 0.945. The molecule has 0 spiro atoms. The molecule has 0 aliphatic heterocycles. The molecule has 208 valence electrons. The minimum absolute atomic E-state index is 0.0362. The molecule has 1 rings (SSSR count). The molecule has 0 fully saturated rings. The van der Waals surface area contributed by atoms with Gasteiger partial charge in [0.2, 0.25) is 11.8 Å². The van der Waals surface area contributed by atoms with E-state index in [2.05, 4.69) is 10.6 Å². The number of hydrogen-bond donors (Lipinski definition) is 2. The minimum atomic E-state index is -0.792. The first-order chi connectivity index (χ1) is 17.1. The third-order valence-electron chi connectivity index (χ3n) is 7.04. The summed E-state index contributed by atoms with van der Waals surface area (Å²) in [7, 11) is 3.48. The number of nitrogens with zero attached hydrogens (tertiary/aromatic N) is 1. The summed E-state index contributed by atoms with van der Waals surface area (Å²) in [5, 5.41) is 6.25. The van der Waals surface area contributed by atoms with Gasteiger partial charge in [0.15, 0.2) is 0 Å². The highest BCUT2D eigenvalue weighted by Gasteiger charge is 2.43. The smallest absolute Gasteiger partial charge is 0.333 e. The molecule has 0 radical (unpaired) electrons. The molecule has 0 saturated carbocycles. The highest BCUT2D eigenvalue weighted by molar-refractivity contribution is 8.00. The average Bonchev–Trinajstić information content (AvgIpc) is 2.85. The van der Waals surface area contributed by atoms with Crippen molar-refractivity contribution in [1.82, 2.24) is 15.5 Å². The number of carbonyl (C=O) groups excluding carboxylic acids is 3. The lowest BCUT2D eigenvalue weighted by molar-refractivity contribution is -0.139. The molecule has 37 heavy (non-hydrogen) atoms. The van der Waals surface area contributed by atoms with Crippen LogP contribution in [0.3, 0.4) is 0 Å². The minimum Gasteiger partial charge on any atom is -0.463 e. The number of benzene rings is 1. The van der Waals surface area contributed by atoms with Gasteiger partial charge in [-0.25, -0.2) is 4.79 Å². The van der Waals surface area contributed by atoms with Crippen LogP contribution in [0.2, 0.25) is 0 Å². The van der Waals surface area contributed by atoms with Crippen LogP contribution >= 0.6 is 11.8 Å². The van der Waals surface area contributed by atoms with Gasteiger partial charge in [0.25, 0.3) is 0 Å². The van der Waals surface area contributed by atoms with E-state index in [1.807, 2.05) is 78.1 Å². The number of hydrogen-bond acceptors (Lipinski definition) is 6. The summed E-state index contributed by atoms with van der Waals surface area (Å²) >= 11 is 1.52. The molecule has 1 aromatic carbocycles. The number of rotatable bonds is 13. The maximum Gasteiger partial charge on any atom is 0.333 e. The Labute approximate surface area is 228 Å². The van der Waals surface area contributed by atoms with E-state index in [0.717, 1.165) is 5.56 Å². The Bertz CT molecular complexity index is 944. The number of ether oxygens (including phenoxy) is 1. The van der Waals surface area contributed by atoms with Crippen molar-refractivity contribution in [3.63, 3.8) is 0 Å². The number of amides is 2. The summed E-state index contributed by atoms with van der Waals surface area (Å²) in [6.07, 6.45) is 3.71. The predicted molar refractivity (Wildman–Crippen MR) is 154 cm³/mol. The van der Waals surface area contributed by atoms with E-state index < -0.39 is 28.2 Å². The van der Waals surface area contributed by atoms with Gasteiger partial charge in [0.1, 0.15) is 6.04 Å². The van der Waals surface area contributed by atoms with E-state index in [0.29, 0.717) is 5.57 Å². The van der Waals surface area contributed by atoms with Crippen molar-refractivity contribution in [2.45, 2.75) is 83.7 Å². The molecule has 8 heteroatoms. The zero-order valence-corrected chi connectivity index (χ0v) is 25.3. The van der Waals surface area contributed by atoms with Gasteiger partial charge in [0, 0.05) is 22.8 Å². The monoisotopic (exact) mass is 533 g/mol. The maximum absolute atomic E-state index is 14.0. The molecule has 1 aromatic rings. The number of thioether (sulfide) groups is 1. The molecule has 2 amide bonds. The second kappa shape index (κ2) is 14.0. The van der Waals surface area contributed by atoms with Crippen molar-refractivity contribution >= 4 is 29.5 Å². The van der Waals surface area contributed by atoms with Crippen LogP contribution in [0.1, 0.15) is 61.0 Å². The highest BCUT2D eigenvalue weighted by atomic mass is 32.2. The SMILES string of the molecule is CCOC(=O)C(C)=C[C@H](C(C)C)N(C)C(=O)[C@@H](NC(=O)[C@@H](NC)C(C)(C)c1ccccc1)C(C)(C)SC. The fraction of sp³-hybridized carbons (Fsp3) is 0.621. The molecule has 0 heterocycles. The van der Waals surface area contributed by atoms with E-state index in [4.69, 9.17) is 4.74 Å². The summed E-state index contributed by atoms with van der Waals surface area (Å²) in [6, 6.07) is 8.16. The van der Waals surface area contributed by atoms with Gasteiger partial charge >= 0.3 is 5.97 Å². The molecule has 0 aliphatic rings. The van der Waals surface area contributed by atoms with Crippen LogP contribution in [0.25, 0.3) is 0 Å². The van der Waals surface area contributed by atoms with Crippen molar-refractivity contribution in [2.24, 2.45) is 5.92 Å². The zero-order valence-electron chi connectivity index (χ0n) is 24.5. The maximum atomic E-state index is 14.0. The topological polar surface area (TPSA) is 87.7 Å². The molecule has 0 bridgehead atoms. The quantitative estimate of drug-likeness (QED) is 0.292. The second-order valence-electron chi connectivity index (χ2n) is 10.8. The summed E-state index contributed by atoms with van der Waals surface area (Å²) < 4.78 is 4.54. The first-order valence-corrected chi connectivity index (χ1v) is 14.1. The Morgan fingerprint density at radius 2 is 1.65 bits per heavy atom. The highest BCUT2D eigenvalue weighted by Crippen LogP contribution is 2.30. The van der Waals surface area contributed by atoms with Gasteiger partial charge in [-0.3, -0.25) is 9.59 Å². The number of esters is 1. The van der Waals surface area contributed by atoms with E-state index in [1.54, 1.807) is 38.9 Å². The molecule has 0 aliphatic carbocycles. The zero-order chi connectivity index (χ0) is 28.6. The van der Waals surface area contributed by atoms with Crippen LogP contribution < -0.4 is 10.6 Å². The molecule has 2 N–H and O–H groups in total. The number of carbonyl (C=O) groups is 3. The van der Waals surface area contributed by atoms with Gasteiger partial charge in [-0.2, -0.15) is 11.8 Å². The number of likely N-dealkylation sites (N-methyl/N-ethyl adjacent to an activating group) is 2. The first kappa shape index (κ1) is 32.7. The fourth-order valence-electron chi connectivity index (χ4n) is 4.40. The van der Waals surface area contributed by atoms with E-state index in [1.165, 1.54) is 11.8 Å². The molecule has 0 unspecified atom stereocenters. The van der Waals surface area contributed by atoms with Crippen molar-refractivity contribution in [3.05, 3.63) is 47.5 Å². The molecular formula is C29H47N3O4S. The molecule has 0 saturated heterocycles. The fourth-order valence-corrected chi connectivity index (χ4v) is 4.80. The Hall–Kier alpha value is -2.32. The second-order valence-corrected chi connectivity index (χ2v) is 12.3. The Balaban J connectivity index is 3.35. The van der Waals surface area contributed by atoms with Gasteiger partial charge in [-0.05, 0) is 52.5 Å². The van der Waals surface area contributed by atoms with Gasteiger partial charge in [-0.15, -0.1) is 0 Å². The van der Waals surface area contributed by atoms with Crippen LogP contribution in [0.15, 0.2) is 42.0 Å². The third-order valence-corrected chi connectivity index (χ3v) is 8.33. The average molecular weight is 534 g/mol. The molecular weight excluding hydrogens is 486 g/mol. The van der Waals surface area contributed by atoms with Crippen molar-refractivity contribution in [3.8, 4) is 0 Å². The summed E-state index contributed by atoms with van der Waals surface area (Å²) in [5.74, 6) is -0.825. The number of nitrogens with one attached hydrogen (secondary N) is 2. The van der Waals surface area contributed by atoms with E-state index >= 15 is 0 Å². The van der Waals surface area contributed by atoms with Crippen molar-refractivity contribution in [2.75, 3.05) is 27.0 Å². The van der Waals surface area contributed by atoms with Crippen LogP contribution in [-0.2, 0) is 24.5 Å². The summed E-state index contributed by atoms with van der Waals surface area (Å²) in [6.45, 7) is 15.7. The van der Waals surface area contributed by atoms with Crippen LogP contribution in [0, 0.1) is 5.92 Å². The van der Waals surface area contributed by atoms with Crippen molar-refractivity contribution < 1.29 is 19.1 Å². The molecule has 0 aromatic heterocycles. The Kier molecular flexibility index (Phi) is 12.4. The Morgan fingerprint density at radius 3 is 2.11 bits per heavy atom. The van der Waals surface area contributed by atoms with Crippen LogP contribution in [-0.4, -0.2) is 72.5 Å². The van der Waals surface area contributed by atoms with E-state index in [9.17, 15) is 14.4 Å². The van der Waals surface area contributed by atoms with Crippen LogP contribution in [0.4, 0.5) is 0 Å². The normalized spacial score (nSPS) is 15.1. The molecule has 7 nitrogen and oxygen atoms in total. The summed E-state index contributed by atoms with van der Waals surface area (Å²) in [4.78, 5) is 41.5. The van der Waals surface area contributed by atoms with Gasteiger partial charge in [-0.1, -0.05) is 64.1 Å².